The first-order valence-electron chi connectivity index (χ1n) is 15.3. The van der Waals surface area contributed by atoms with Crippen LogP contribution in [0.5, 0.6) is 0 Å². The van der Waals surface area contributed by atoms with Crippen molar-refractivity contribution >= 4 is 75.1 Å². The van der Waals surface area contributed by atoms with Gasteiger partial charge in [0.15, 0.2) is 0 Å². The number of para-hydroxylation sites is 1. The molecule has 208 valence electrons. The van der Waals surface area contributed by atoms with Crippen molar-refractivity contribution in [2.75, 3.05) is 0 Å². The molecule has 0 N–H and O–H groups in total. The van der Waals surface area contributed by atoms with Gasteiger partial charge in [-0.2, -0.15) is 0 Å². The number of fused-ring (bicyclic) bond motifs is 11. The maximum absolute atomic E-state index is 6.50. The average Bonchev–Trinajstić information content (AvgIpc) is 3.82. The van der Waals surface area contributed by atoms with E-state index in [1.165, 1.54) is 91.6 Å². The van der Waals surface area contributed by atoms with Gasteiger partial charge in [0.2, 0.25) is 0 Å². The van der Waals surface area contributed by atoms with Crippen molar-refractivity contribution in [3.63, 3.8) is 0 Å². The minimum absolute atomic E-state index is 0.935. The number of hydrogen-bond donors (Lipinski definition) is 0. The van der Waals surface area contributed by atoms with Gasteiger partial charge in [0.1, 0.15) is 11.3 Å². The van der Waals surface area contributed by atoms with Gasteiger partial charge < -0.3 is 8.98 Å². The summed E-state index contributed by atoms with van der Waals surface area (Å²) in [6.07, 6.45) is 0. The molecule has 0 atom stereocenters. The largest absolute Gasteiger partial charge is 0.455 e. The van der Waals surface area contributed by atoms with Crippen LogP contribution in [0.4, 0.5) is 0 Å². The Morgan fingerprint density at radius 2 is 1.22 bits per heavy atom. The van der Waals surface area contributed by atoms with Gasteiger partial charge in [-0.1, -0.05) is 91.0 Å². The molecule has 0 fully saturated rings. The van der Waals surface area contributed by atoms with E-state index in [9.17, 15) is 0 Å². The first-order chi connectivity index (χ1) is 22.3. The summed E-state index contributed by atoms with van der Waals surface area (Å²) in [6, 6.07) is 51.0. The van der Waals surface area contributed by atoms with Gasteiger partial charge in [-0.25, -0.2) is 0 Å². The Hall–Kier alpha value is -5.64. The Kier molecular flexibility index (Phi) is 4.49. The third-order valence-corrected chi connectivity index (χ3v) is 10.9. The highest BCUT2D eigenvalue weighted by Crippen LogP contribution is 2.52. The van der Waals surface area contributed by atoms with E-state index in [1.54, 1.807) is 0 Å². The van der Waals surface area contributed by atoms with Crippen molar-refractivity contribution < 1.29 is 4.42 Å². The normalized spacial score (nSPS) is 12.4. The third-order valence-electron chi connectivity index (χ3n) is 9.73. The van der Waals surface area contributed by atoms with Crippen LogP contribution >= 0.6 is 11.3 Å². The Morgan fingerprint density at radius 3 is 2.13 bits per heavy atom. The molecule has 0 radical (unpaired) electrons. The van der Waals surface area contributed by atoms with Crippen LogP contribution < -0.4 is 0 Å². The topological polar surface area (TPSA) is 18.1 Å². The smallest absolute Gasteiger partial charge is 0.143 e. The SMILES string of the molecule is c1cc2c3c(cccc3c1)-c1c-2oc2ccc(-c3ccc4c(c3)c3ccccc3n4-c3ccc4c(c3)sc3ccccc34)cc12. The summed E-state index contributed by atoms with van der Waals surface area (Å²) in [6.45, 7) is 0. The molecule has 1 aliphatic rings. The highest BCUT2D eigenvalue weighted by molar-refractivity contribution is 7.25. The van der Waals surface area contributed by atoms with E-state index in [-0.39, 0.29) is 0 Å². The standard InChI is InChI=1S/C42H23NOS/c1-3-13-35-28(9-1)33-21-25(15-19-36(33)43(35)27-17-18-30-29-10-2-4-14-38(29)45-39(30)23-27)26-16-20-37-34(22-26)41-31-11-5-7-24-8-6-12-32(40(24)31)42(41)44-37/h1-23H. The Morgan fingerprint density at radius 1 is 0.489 bits per heavy atom. The zero-order valence-corrected chi connectivity index (χ0v) is 24.9. The lowest BCUT2D eigenvalue weighted by molar-refractivity contribution is 0.634. The van der Waals surface area contributed by atoms with Crippen LogP contribution in [0.1, 0.15) is 0 Å². The molecule has 3 heteroatoms. The summed E-state index contributed by atoms with van der Waals surface area (Å²) in [4.78, 5) is 0. The monoisotopic (exact) mass is 589 g/mol. The molecule has 11 rings (SSSR count). The summed E-state index contributed by atoms with van der Waals surface area (Å²) in [5.74, 6) is 0.989. The van der Waals surface area contributed by atoms with Gasteiger partial charge in [-0.3, -0.25) is 0 Å². The van der Waals surface area contributed by atoms with Gasteiger partial charge in [0.25, 0.3) is 0 Å². The molecule has 0 amide bonds. The van der Waals surface area contributed by atoms with E-state index < -0.39 is 0 Å². The van der Waals surface area contributed by atoms with Crippen molar-refractivity contribution in [2.24, 2.45) is 0 Å². The quantitative estimate of drug-likeness (QED) is 0.196. The molecule has 3 heterocycles. The van der Waals surface area contributed by atoms with Crippen molar-refractivity contribution in [2.45, 2.75) is 0 Å². The zero-order chi connectivity index (χ0) is 29.2. The fourth-order valence-electron chi connectivity index (χ4n) is 7.76. The summed E-state index contributed by atoms with van der Waals surface area (Å²) in [5, 5.41) is 8.90. The zero-order valence-electron chi connectivity index (χ0n) is 24.0. The molecule has 45 heavy (non-hydrogen) atoms. The number of benzene rings is 7. The van der Waals surface area contributed by atoms with E-state index in [1.807, 2.05) is 11.3 Å². The van der Waals surface area contributed by atoms with E-state index in [2.05, 4.69) is 144 Å². The number of rotatable bonds is 2. The first kappa shape index (κ1) is 23.8. The molecule has 0 spiro atoms. The number of aromatic nitrogens is 1. The minimum Gasteiger partial charge on any atom is -0.455 e. The molecule has 0 bridgehead atoms. The molecule has 2 nitrogen and oxygen atoms in total. The molecule has 10 aromatic rings. The molecule has 0 aliphatic heterocycles. The van der Waals surface area contributed by atoms with E-state index >= 15 is 0 Å². The van der Waals surface area contributed by atoms with E-state index in [0.29, 0.717) is 0 Å². The molecule has 0 unspecified atom stereocenters. The van der Waals surface area contributed by atoms with Crippen LogP contribution in [-0.4, -0.2) is 4.57 Å². The van der Waals surface area contributed by atoms with Gasteiger partial charge in [-0.05, 0) is 70.6 Å². The highest BCUT2D eigenvalue weighted by atomic mass is 32.1. The maximum atomic E-state index is 6.50. The lowest BCUT2D eigenvalue weighted by Crippen LogP contribution is -1.93. The van der Waals surface area contributed by atoms with Gasteiger partial charge in [0, 0.05) is 58.5 Å². The number of nitrogens with zero attached hydrogens (tertiary/aromatic N) is 1. The second kappa shape index (κ2) is 8.50. The van der Waals surface area contributed by atoms with Crippen LogP contribution in [-0.2, 0) is 0 Å². The summed E-state index contributed by atoms with van der Waals surface area (Å²) in [5.41, 5.74) is 10.6. The Balaban J connectivity index is 1.10. The number of hydrogen-bond acceptors (Lipinski definition) is 2. The summed E-state index contributed by atoms with van der Waals surface area (Å²) >= 11 is 1.87. The summed E-state index contributed by atoms with van der Waals surface area (Å²) < 4.78 is 11.6. The van der Waals surface area contributed by atoms with Gasteiger partial charge >= 0.3 is 0 Å². The number of thiophene rings is 1. The van der Waals surface area contributed by atoms with Crippen molar-refractivity contribution in [3.05, 3.63) is 140 Å². The molecule has 1 aliphatic carbocycles. The van der Waals surface area contributed by atoms with Crippen LogP contribution in [0.15, 0.2) is 144 Å². The fourth-order valence-corrected chi connectivity index (χ4v) is 8.90. The van der Waals surface area contributed by atoms with Gasteiger partial charge in [0.05, 0.1) is 11.0 Å². The van der Waals surface area contributed by atoms with Crippen molar-refractivity contribution in [1.82, 2.24) is 4.57 Å². The molecule has 3 aromatic heterocycles. The summed E-state index contributed by atoms with van der Waals surface area (Å²) in [7, 11) is 0. The van der Waals surface area contributed by atoms with Crippen LogP contribution in [0.2, 0.25) is 0 Å². The Bertz CT molecular complexity index is 2870. The molecule has 0 saturated carbocycles. The predicted molar refractivity (Wildman–Crippen MR) is 191 cm³/mol. The minimum atomic E-state index is 0.935. The average molecular weight is 590 g/mol. The van der Waals surface area contributed by atoms with Crippen LogP contribution in [0.3, 0.4) is 0 Å². The number of furan rings is 1. The van der Waals surface area contributed by atoms with E-state index in [0.717, 1.165) is 11.3 Å². The van der Waals surface area contributed by atoms with Crippen molar-refractivity contribution in [3.8, 4) is 39.3 Å². The fraction of sp³-hybridized carbons (Fsp3) is 0. The molecular weight excluding hydrogens is 567 g/mol. The van der Waals surface area contributed by atoms with Gasteiger partial charge in [-0.15, -0.1) is 11.3 Å². The lowest BCUT2D eigenvalue weighted by atomic mass is 9.98. The third kappa shape index (κ3) is 3.13. The first-order valence-corrected chi connectivity index (χ1v) is 16.2. The maximum Gasteiger partial charge on any atom is 0.143 e. The second-order valence-corrected chi connectivity index (χ2v) is 13.2. The molecule has 0 saturated heterocycles. The lowest BCUT2D eigenvalue weighted by Gasteiger charge is -2.09. The molecular formula is C42H23NOS. The van der Waals surface area contributed by atoms with Crippen molar-refractivity contribution in [1.29, 1.82) is 0 Å². The Labute approximate surface area is 262 Å². The predicted octanol–water partition coefficient (Wildman–Crippen LogP) is 12.4. The van der Waals surface area contributed by atoms with Crippen LogP contribution in [0.25, 0.3) is 103 Å². The molecule has 7 aromatic carbocycles. The van der Waals surface area contributed by atoms with E-state index in [4.69, 9.17) is 4.42 Å². The highest BCUT2D eigenvalue weighted by Gasteiger charge is 2.27. The second-order valence-electron chi connectivity index (χ2n) is 12.1. The van der Waals surface area contributed by atoms with Crippen LogP contribution in [0, 0.1) is 0 Å².